The Morgan fingerprint density at radius 1 is 1.00 bits per heavy atom. The molecule has 1 atom stereocenters. The van der Waals surface area contributed by atoms with E-state index in [2.05, 4.69) is 11.8 Å². The molecule has 0 aromatic rings. The highest BCUT2D eigenvalue weighted by Gasteiger charge is 2.53. The predicted molar refractivity (Wildman–Crippen MR) is 74.1 cm³/mol. The Morgan fingerprint density at radius 3 is 2.06 bits per heavy atom. The Kier molecular flexibility index (Phi) is 2.40. The summed E-state index contributed by atoms with van der Waals surface area (Å²) in [7, 11) is 0. The largest absolute Gasteiger partial charge is 0.324 e. The van der Waals surface area contributed by atoms with Crippen molar-refractivity contribution in [3.63, 3.8) is 0 Å². The van der Waals surface area contributed by atoms with Crippen LogP contribution in [-0.2, 0) is 0 Å². The van der Waals surface area contributed by atoms with Crippen molar-refractivity contribution in [3.8, 4) is 0 Å². The molecule has 5 fully saturated rings. The van der Waals surface area contributed by atoms with Crippen molar-refractivity contribution in [1.29, 1.82) is 0 Å². The molecule has 0 radical (unpaired) electrons. The molecule has 0 aromatic heterocycles. The molecule has 17 heavy (non-hydrogen) atoms. The second-order valence-electron chi connectivity index (χ2n) is 7.76. The van der Waals surface area contributed by atoms with E-state index in [9.17, 15) is 0 Å². The SMILES string of the molecule is NC1(CC23CC4CC(CC(C4)C2)C3)CCSC1. The van der Waals surface area contributed by atoms with Gasteiger partial charge in [0.2, 0.25) is 0 Å². The van der Waals surface area contributed by atoms with Gasteiger partial charge in [-0.15, -0.1) is 0 Å². The van der Waals surface area contributed by atoms with Gasteiger partial charge in [0.25, 0.3) is 0 Å². The first-order chi connectivity index (χ1) is 8.15. The van der Waals surface area contributed by atoms with Crippen molar-refractivity contribution in [3.05, 3.63) is 0 Å². The second kappa shape index (κ2) is 3.66. The van der Waals surface area contributed by atoms with Gasteiger partial charge < -0.3 is 5.73 Å². The van der Waals surface area contributed by atoms with Crippen molar-refractivity contribution in [1.82, 2.24) is 0 Å². The lowest BCUT2D eigenvalue weighted by Crippen LogP contribution is -2.52. The lowest BCUT2D eigenvalue weighted by Gasteiger charge is -2.58. The molecule has 96 valence electrons. The molecule has 4 aliphatic carbocycles. The fourth-order valence-corrected chi connectivity index (χ4v) is 7.36. The maximum absolute atomic E-state index is 6.66. The van der Waals surface area contributed by atoms with Gasteiger partial charge in [-0.25, -0.2) is 0 Å². The lowest BCUT2D eigenvalue weighted by atomic mass is 9.47. The summed E-state index contributed by atoms with van der Waals surface area (Å²) >= 11 is 2.08. The van der Waals surface area contributed by atoms with Crippen LogP contribution in [0.4, 0.5) is 0 Å². The third kappa shape index (κ3) is 1.87. The standard InChI is InChI=1S/C15H25NS/c16-15(1-2-17-10-15)9-14-6-11-3-12(7-14)5-13(4-11)8-14/h11-13H,1-10,16H2. The summed E-state index contributed by atoms with van der Waals surface area (Å²) in [4.78, 5) is 0. The van der Waals surface area contributed by atoms with Gasteiger partial charge in [-0.3, -0.25) is 0 Å². The van der Waals surface area contributed by atoms with Crippen molar-refractivity contribution < 1.29 is 0 Å². The first-order valence-corrected chi connectivity index (χ1v) is 8.67. The van der Waals surface area contributed by atoms with Crippen LogP contribution in [0.15, 0.2) is 0 Å². The van der Waals surface area contributed by atoms with E-state index in [1.54, 1.807) is 19.3 Å². The normalized spacial score (nSPS) is 56.6. The van der Waals surface area contributed by atoms with Gasteiger partial charge in [-0.1, -0.05) is 0 Å². The average Bonchev–Trinajstić information content (AvgIpc) is 2.61. The summed E-state index contributed by atoms with van der Waals surface area (Å²) in [6.07, 6.45) is 11.9. The van der Waals surface area contributed by atoms with Crippen LogP contribution >= 0.6 is 11.8 Å². The van der Waals surface area contributed by atoms with E-state index in [1.807, 2.05) is 0 Å². The van der Waals surface area contributed by atoms with E-state index in [0.717, 1.165) is 17.8 Å². The van der Waals surface area contributed by atoms with Gasteiger partial charge in [-0.2, -0.15) is 11.8 Å². The van der Waals surface area contributed by atoms with E-state index in [1.165, 1.54) is 43.6 Å². The topological polar surface area (TPSA) is 26.0 Å². The Hall–Kier alpha value is 0.310. The van der Waals surface area contributed by atoms with E-state index in [4.69, 9.17) is 5.73 Å². The molecule has 4 bridgehead atoms. The monoisotopic (exact) mass is 251 g/mol. The lowest BCUT2D eigenvalue weighted by molar-refractivity contribution is -0.0663. The molecule has 0 amide bonds. The summed E-state index contributed by atoms with van der Waals surface area (Å²) in [6, 6.07) is 0. The molecular formula is C15H25NS. The molecule has 5 rings (SSSR count). The number of nitrogens with two attached hydrogens (primary N) is 1. The highest BCUT2D eigenvalue weighted by molar-refractivity contribution is 7.99. The molecule has 5 aliphatic rings. The molecule has 4 saturated carbocycles. The van der Waals surface area contributed by atoms with Crippen LogP contribution in [0.1, 0.15) is 51.4 Å². The molecular weight excluding hydrogens is 226 g/mol. The summed E-state index contributed by atoms with van der Waals surface area (Å²) in [5.74, 6) is 5.79. The van der Waals surface area contributed by atoms with Gasteiger partial charge in [-0.05, 0) is 80.3 Å². The smallest absolute Gasteiger partial charge is 0.0259 e. The number of thioether (sulfide) groups is 1. The highest BCUT2D eigenvalue weighted by atomic mass is 32.2. The maximum Gasteiger partial charge on any atom is 0.0259 e. The summed E-state index contributed by atoms with van der Waals surface area (Å²) in [5, 5.41) is 0. The second-order valence-corrected chi connectivity index (χ2v) is 8.86. The minimum atomic E-state index is 0.205. The van der Waals surface area contributed by atoms with Crippen LogP contribution in [-0.4, -0.2) is 17.0 Å². The van der Waals surface area contributed by atoms with Crippen LogP contribution < -0.4 is 5.73 Å². The zero-order valence-electron chi connectivity index (χ0n) is 10.8. The molecule has 1 saturated heterocycles. The van der Waals surface area contributed by atoms with Crippen molar-refractivity contribution in [2.75, 3.05) is 11.5 Å². The van der Waals surface area contributed by atoms with Gasteiger partial charge in [0.1, 0.15) is 0 Å². The molecule has 2 N–H and O–H groups in total. The Balaban J connectivity index is 1.56. The van der Waals surface area contributed by atoms with Crippen LogP contribution in [0.25, 0.3) is 0 Å². The van der Waals surface area contributed by atoms with Crippen LogP contribution in [0, 0.1) is 23.2 Å². The molecule has 0 spiro atoms. The molecule has 0 aromatic carbocycles. The summed E-state index contributed by atoms with van der Waals surface area (Å²) < 4.78 is 0. The third-order valence-electron chi connectivity index (χ3n) is 6.03. The van der Waals surface area contributed by atoms with Crippen molar-refractivity contribution in [2.45, 2.75) is 56.9 Å². The highest BCUT2D eigenvalue weighted by Crippen LogP contribution is 2.62. The maximum atomic E-state index is 6.66. The quantitative estimate of drug-likeness (QED) is 0.814. The van der Waals surface area contributed by atoms with E-state index < -0.39 is 0 Å². The first-order valence-electron chi connectivity index (χ1n) is 7.52. The predicted octanol–water partition coefficient (Wildman–Crippen LogP) is 3.43. The summed E-state index contributed by atoms with van der Waals surface area (Å²) in [6.45, 7) is 0. The average molecular weight is 251 g/mol. The zero-order valence-corrected chi connectivity index (χ0v) is 11.6. The molecule has 2 heteroatoms. The molecule has 1 unspecified atom stereocenters. The third-order valence-corrected chi connectivity index (χ3v) is 7.30. The Morgan fingerprint density at radius 2 is 1.59 bits per heavy atom. The van der Waals surface area contributed by atoms with Crippen LogP contribution in [0.5, 0.6) is 0 Å². The van der Waals surface area contributed by atoms with Crippen LogP contribution in [0.3, 0.4) is 0 Å². The number of hydrogen-bond donors (Lipinski definition) is 1. The van der Waals surface area contributed by atoms with Gasteiger partial charge in [0.15, 0.2) is 0 Å². The summed E-state index contributed by atoms with van der Waals surface area (Å²) in [5.41, 5.74) is 7.55. The van der Waals surface area contributed by atoms with E-state index in [0.29, 0.717) is 5.41 Å². The van der Waals surface area contributed by atoms with Gasteiger partial charge in [0, 0.05) is 11.3 Å². The Labute approximate surface area is 109 Å². The molecule has 1 aliphatic heterocycles. The minimum Gasteiger partial charge on any atom is -0.324 e. The fourth-order valence-electron chi connectivity index (χ4n) is 6.02. The van der Waals surface area contributed by atoms with Crippen LogP contribution in [0.2, 0.25) is 0 Å². The van der Waals surface area contributed by atoms with Crippen molar-refractivity contribution >= 4 is 11.8 Å². The van der Waals surface area contributed by atoms with Gasteiger partial charge in [0.05, 0.1) is 0 Å². The van der Waals surface area contributed by atoms with Crippen molar-refractivity contribution in [2.24, 2.45) is 28.9 Å². The van der Waals surface area contributed by atoms with E-state index >= 15 is 0 Å². The number of rotatable bonds is 2. The molecule has 1 heterocycles. The minimum absolute atomic E-state index is 0.205. The fraction of sp³-hybridized carbons (Fsp3) is 1.00. The molecule has 1 nitrogen and oxygen atoms in total. The first kappa shape index (κ1) is 11.2. The number of hydrogen-bond acceptors (Lipinski definition) is 2. The zero-order chi connectivity index (χ0) is 11.5. The Bertz CT molecular complexity index is 284. The van der Waals surface area contributed by atoms with Gasteiger partial charge >= 0.3 is 0 Å². The van der Waals surface area contributed by atoms with E-state index in [-0.39, 0.29) is 5.54 Å².